The summed E-state index contributed by atoms with van der Waals surface area (Å²) in [5.41, 5.74) is -3.41. The van der Waals surface area contributed by atoms with Crippen molar-refractivity contribution in [3.63, 3.8) is 0 Å². The van der Waals surface area contributed by atoms with E-state index in [0.29, 0.717) is 22.5 Å². The maximum absolute atomic E-state index is 13.2. The van der Waals surface area contributed by atoms with Gasteiger partial charge in [-0.15, -0.1) is 16.4 Å². The number of hydrogen-bond acceptors (Lipinski definition) is 8. The second-order valence-electron chi connectivity index (χ2n) is 8.93. The molecule has 11 nitrogen and oxygen atoms in total. The number of alkyl halides is 6. The average molecular weight is 607 g/mol. The van der Waals surface area contributed by atoms with Crippen molar-refractivity contribution in [3.05, 3.63) is 57.8 Å². The van der Waals surface area contributed by atoms with E-state index in [0.717, 1.165) is 6.20 Å². The molecule has 1 aliphatic rings. The summed E-state index contributed by atoms with van der Waals surface area (Å²) in [6, 6.07) is -0.311. The van der Waals surface area contributed by atoms with Crippen LogP contribution in [0, 0.1) is 0 Å². The van der Waals surface area contributed by atoms with Crippen molar-refractivity contribution in [2.24, 2.45) is 0 Å². The molecule has 4 rings (SSSR count). The molecular formula is C23H20F6N6O5S. The van der Waals surface area contributed by atoms with E-state index in [1.54, 1.807) is 5.38 Å². The number of carbonyl (C=O) groups is 3. The number of benzene rings is 1. The highest BCUT2D eigenvalue weighted by Crippen LogP contribution is 2.40. The van der Waals surface area contributed by atoms with Crippen molar-refractivity contribution >= 4 is 29.1 Å². The highest BCUT2D eigenvalue weighted by molar-refractivity contribution is 7.07. The van der Waals surface area contributed by atoms with Gasteiger partial charge in [-0.3, -0.25) is 9.59 Å². The van der Waals surface area contributed by atoms with Gasteiger partial charge in [0.2, 0.25) is 11.5 Å². The molecule has 0 radical (unpaired) electrons. The van der Waals surface area contributed by atoms with Crippen LogP contribution >= 0.6 is 11.3 Å². The molecule has 1 saturated heterocycles. The van der Waals surface area contributed by atoms with Crippen LogP contribution < -0.4 is 10.6 Å². The van der Waals surface area contributed by atoms with Gasteiger partial charge in [0.25, 0.3) is 5.91 Å². The lowest BCUT2D eigenvalue weighted by molar-refractivity contribution is -0.144. The van der Waals surface area contributed by atoms with Gasteiger partial charge in [-0.1, -0.05) is 12.1 Å². The monoisotopic (exact) mass is 606 g/mol. The molecule has 1 fully saturated rings. The molecule has 2 amide bonds. The lowest BCUT2D eigenvalue weighted by Gasteiger charge is -2.17. The minimum absolute atomic E-state index is 0.00930. The topological polar surface area (TPSA) is 152 Å². The second kappa shape index (κ2) is 11.1. The summed E-state index contributed by atoms with van der Waals surface area (Å²) in [5.74, 6) is -2.91. The van der Waals surface area contributed by atoms with Crippen molar-refractivity contribution < 1.29 is 50.6 Å². The Morgan fingerprint density at radius 2 is 1.78 bits per heavy atom. The van der Waals surface area contributed by atoms with Gasteiger partial charge in [0.15, 0.2) is 6.10 Å². The molecule has 0 unspecified atom stereocenters. The lowest BCUT2D eigenvalue weighted by Crippen LogP contribution is -2.50. The highest BCUT2D eigenvalue weighted by Gasteiger charge is 2.65. The number of carbonyl (C=O) groups excluding carboxylic acids is 2. The molecule has 18 heteroatoms. The minimum Gasteiger partial charge on any atom is -0.479 e. The smallest absolute Gasteiger partial charge is 0.416 e. The summed E-state index contributed by atoms with van der Waals surface area (Å²) >= 11 is 1.23. The zero-order chi connectivity index (χ0) is 30.2. The zero-order valence-corrected chi connectivity index (χ0v) is 21.6. The van der Waals surface area contributed by atoms with Gasteiger partial charge in [-0.05, 0) is 24.6 Å². The number of ether oxygens (including phenoxy) is 1. The molecule has 3 atom stereocenters. The Kier molecular flexibility index (Phi) is 8.08. The summed E-state index contributed by atoms with van der Waals surface area (Å²) in [6.07, 6.45) is -10.5. The molecule has 0 spiro atoms. The van der Waals surface area contributed by atoms with E-state index in [-0.39, 0.29) is 31.1 Å². The lowest BCUT2D eigenvalue weighted by atomic mass is 10.0. The number of aromatic nitrogens is 4. The van der Waals surface area contributed by atoms with Gasteiger partial charge in [0.05, 0.1) is 40.8 Å². The van der Waals surface area contributed by atoms with Gasteiger partial charge in [0.1, 0.15) is 11.7 Å². The maximum Gasteiger partial charge on any atom is 0.416 e. The number of epoxide rings is 1. The van der Waals surface area contributed by atoms with Crippen LogP contribution in [0.2, 0.25) is 0 Å². The number of halogens is 6. The quantitative estimate of drug-likeness (QED) is 0.236. The molecular weight excluding hydrogens is 586 g/mol. The maximum atomic E-state index is 13.2. The number of nitrogens with one attached hydrogen (secondary N) is 2. The molecule has 1 aromatic carbocycles. The van der Waals surface area contributed by atoms with Crippen LogP contribution in [0.1, 0.15) is 35.9 Å². The number of aliphatic carboxylic acids is 1. The largest absolute Gasteiger partial charge is 0.479 e. The van der Waals surface area contributed by atoms with E-state index in [1.165, 1.54) is 23.8 Å². The van der Waals surface area contributed by atoms with E-state index in [1.807, 2.05) is 0 Å². The van der Waals surface area contributed by atoms with Gasteiger partial charge in [-0.2, -0.15) is 26.3 Å². The molecule has 2 aromatic heterocycles. The molecule has 1 aliphatic heterocycles. The predicted molar refractivity (Wildman–Crippen MR) is 126 cm³/mol. The summed E-state index contributed by atoms with van der Waals surface area (Å²) in [4.78, 5) is 41.2. The minimum atomic E-state index is -5.06. The van der Waals surface area contributed by atoms with Crippen molar-refractivity contribution in [1.82, 2.24) is 30.6 Å². The number of nitrogens with zero attached hydrogens (tertiary/aromatic N) is 4. The first-order valence-corrected chi connectivity index (χ1v) is 12.7. The first kappa shape index (κ1) is 29.9. The fourth-order valence-corrected chi connectivity index (χ4v) is 4.48. The third-order valence-electron chi connectivity index (χ3n) is 6.17. The third-order valence-corrected chi connectivity index (χ3v) is 6.81. The number of carboxylic acids is 1. The summed E-state index contributed by atoms with van der Waals surface area (Å²) in [7, 11) is 0. The van der Waals surface area contributed by atoms with Gasteiger partial charge in [-0.25, -0.2) is 14.5 Å². The molecule has 3 aromatic rings. The van der Waals surface area contributed by atoms with E-state index in [4.69, 9.17) is 4.74 Å². The van der Waals surface area contributed by atoms with Crippen LogP contribution in [0.3, 0.4) is 0 Å². The highest BCUT2D eigenvalue weighted by atomic mass is 32.1. The predicted octanol–water partition coefficient (Wildman–Crippen LogP) is 2.74. The van der Waals surface area contributed by atoms with Crippen molar-refractivity contribution in [2.45, 2.75) is 56.4 Å². The Labute approximate surface area is 230 Å². The van der Waals surface area contributed by atoms with Crippen LogP contribution in [-0.4, -0.2) is 60.6 Å². The molecule has 3 N–H and O–H groups in total. The zero-order valence-electron chi connectivity index (χ0n) is 20.8. The third kappa shape index (κ3) is 6.64. The molecule has 3 heterocycles. The molecule has 220 valence electrons. The summed E-state index contributed by atoms with van der Waals surface area (Å²) < 4.78 is 85.0. The normalized spacial score (nSPS) is 19.4. The average Bonchev–Trinajstić information content (AvgIpc) is 3.19. The first-order chi connectivity index (χ1) is 19.1. The van der Waals surface area contributed by atoms with E-state index < -0.39 is 64.7 Å². The van der Waals surface area contributed by atoms with Crippen LogP contribution in [0.5, 0.6) is 0 Å². The van der Waals surface area contributed by atoms with Gasteiger partial charge >= 0.3 is 18.3 Å². The van der Waals surface area contributed by atoms with Gasteiger partial charge < -0.3 is 20.5 Å². The Balaban J connectivity index is 1.48. The van der Waals surface area contributed by atoms with Crippen LogP contribution in [-0.2, 0) is 44.4 Å². The van der Waals surface area contributed by atoms with Crippen molar-refractivity contribution in [2.75, 3.05) is 0 Å². The molecule has 0 bridgehead atoms. The summed E-state index contributed by atoms with van der Waals surface area (Å²) in [5, 5.41) is 23.1. The van der Waals surface area contributed by atoms with Crippen LogP contribution in [0.15, 0.2) is 35.3 Å². The van der Waals surface area contributed by atoms with Crippen molar-refractivity contribution in [3.8, 4) is 5.69 Å². The number of thiazole rings is 1. The molecule has 41 heavy (non-hydrogen) atoms. The Bertz CT molecular complexity index is 1410. The number of amides is 2. The van der Waals surface area contributed by atoms with Crippen LogP contribution in [0.4, 0.5) is 26.3 Å². The fourth-order valence-electron chi connectivity index (χ4n) is 3.91. The van der Waals surface area contributed by atoms with Crippen molar-refractivity contribution in [1.29, 1.82) is 0 Å². The number of hydrogen-bond donors (Lipinski definition) is 3. The van der Waals surface area contributed by atoms with E-state index in [2.05, 4.69) is 25.9 Å². The van der Waals surface area contributed by atoms with E-state index >= 15 is 0 Å². The number of carboxylic acid groups (broad SMARTS) is 1. The van der Waals surface area contributed by atoms with Crippen LogP contribution in [0.25, 0.3) is 5.69 Å². The standard InChI is InChI=1S/C23H20F6N6O5S/c1-2-21(20(38)39)17(40-21)19(37)32-16(6-13-9-41-10-31-13)18(36)30-7-14-8-35(34-33-14)15-4-11(22(24,25)26)3-12(5-15)23(27,28)29/h3-5,8-10,16-17H,2,6-7H2,1H3,(H,30,36)(H,32,37)(H,38,39)/t16-,17+,21-/m0/s1. The van der Waals surface area contributed by atoms with Gasteiger partial charge in [0, 0.05) is 11.8 Å². The Morgan fingerprint density at radius 1 is 1.12 bits per heavy atom. The molecule has 0 saturated carbocycles. The first-order valence-electron chi connectivity index (χ1n) is 11.7. The SMILES string of the molecule is CC[C@]1(C(=O)O)O[C@@H]1C(=O)N[C@@H](Cc1cscn1)C(=O)NCc1cn(-c2cc(C(F)(F)F)cc(C(F)(F)F)c2)nn1. The number of rotatable bonds is 10. The fraction of sp³-hybridized carbons (Fsp3) is 0.391. The summed E-state index contributed by atoms with van der Waals surface area (Å²) in [6.45, 7) is 1.17. The second-order valence-corrected chi connectivity index (χ2v) is 9.65. The molecule has 0 aliphatic carbocycles. The Hall–Kier alpha value is -4.06. The van der Waals surface area contributed by atoms with E-state index in [9.17, 15) is 45.8 Å². The Morgan fingerprint density at radius 3 is 2.29 bits per heavy atom.